The first-order chi connectivity index (χ1) is 7.15. The third kappa shape index (κ3) is 1.24. The van der Waals surface area contributed by atoms with Gasteiger partial charge in [0.05, 0.1) is 0 Å². The summed E-state index contributed by atoms with van der Waals surface area (Å²) in [6.07, 6.45) is 5.08. The van der Waals surface area contributed by atoms with Crippen LogP contribution in [0, 0.1) is 0 Å². The van der Waals surface area contributed by atoms with E-state index in [2.05, 4.69) is 15.9 Å². The first-order valence-electron chi connectivity index (χ1n) is 5.19. The van der Waals surface area contributed by atoms with Gasteiger partial charge in [-0.15, -0.1) is 11.3 Å². The molecule has 0 unspecified atom stereocenters. The second-order valence-corrected chi connectivity index (χ2v) is 6.29. The number of thiophene rings is 1. The van der Waals surface area contributed by atoms with E-state index in [9.17, 15) is 9.90 Å². The largest absolute Gasteiger partial charge is 0.481 e. The van der Waals surface area contributed by atoms with Crippen LogP contribution in [-0.4, -0.2) is 11.1 Å². The van der Waals surface area contributed by atoms with E-state index in [1.807, 2.05) is 0 Å². The summed E-state index contributed by atoms with van der Waals surface area (Å²) in [5.74, 6) is -0.650. The minimum Gasteiger partial charge on any atom is -0.481 e. The molecule has 1 aromatic heterocycles. The molecule has 0 spiro atoms. The van der Waals surface area contributed by atoms with Crippen LogP contribution in [0.2, 0.25) is 0 Å². The molecule has 1 aromatic rings. The molecule has 15 heavy (non-hydrogen) atoms. The molecule has 0 bridgehead atoms. The molecule has 80 valence electrons. The van der Waals surface area contributed by atoms with E-state index in [1.54, 1.807) is 11.3 Å². The van der Waals surface area contributed by atoms with E-state index in [4.69, 9.17) is 0 Å². The van der Waals surface area contributed by atoms with Crippen LogP contribution in [0.25, 0.3) is 0 Å². The number of aryl methyl sites for hydroxylation is 1. The molecule has 4 heteroatoms. The van der Waals surface area contributed by atoms with Gasteiger partial charge >= 0.3 is 5.97 Å². The van der Waals surface area contributed by atoms with Crippen molar-refractivity contribution in [1.29, 1.82) is 0 Å². The number of aliphatic carboxylic acids is 1. The van der Waals surface area contributed by atoms with E-state index >= 15 is 0 Å². The smallest absolute Gasteiger partial charge is 0.315 e. The molecule has 2 aliphatic rings. The van der Waals surface area contributed by atoms with Gasteiger partial charge in [0.25, 0.3) is 0 Å². The van der Waals surface area contributed by atoms with E-state index in [1.165, 1.54) is 16.9 Å². The summed E-state index contributed by atoms with van der Waals surface area (Å²) in [7, 11) is 0. The molecule has 2 aliphatic carbocycles. The lowest BCUT2D eigenvalue weighted by atomic mass is 10.0. The predicted molar refractivity (Wildman–Crippen MR) is 62.6 cm³/mol. The first kappa shape index (κ1) is 9.85. The standard InChI is InChI=1S/C11H11BrO2S/c12-8-6-2-1-3-7(6)15-9(8)11(4-5-11)10(13)14/h1-5H2,(H,13,14). The van der Waals surface area contributed by atoms with Crippen LogP contribution in [0.4, 0.5) is 0 Å². The maximum Gasteiger partial charge on any atom is 0.315 e. The van der Waals surface area contributed by atoms with Crippen LogP contribution in [0.3, 0.4) is 0 Å². The maximum absolute atomic E-state index is 11.2. The summed E-state index contributed by atoms with van der Waals surface area (Å²) < 4.78 is 1.10. The Balaban J connectivity index is 2.10. The monoisotopic (exact) mass is 286 g/mol. The lowest BCUT2D eigenvalue weighted by Gasteiger charge is -2.08. The number of carbonyl (C=O) groups is 1. The van der Waals surface area contributed by atoms with Crippen LogP contribution in [0.1, 0.15) is 34.6 Å². The Morgan fingerprint density at radius 1 is 1.40 bits per heavy atom. The molecule has 3 rings (SSSR count). The summed E-state index contributed by atoms with van der Waals surface area (Å²) in [6.45, 7) is 0. The third-order valence-electron chi connectivity index (χ3n) is 3.45. The van der Waals surface area contributed by atoms with E-state index in [0.29, 0.717) is 0 Å². The van der Waals surface area contributed by atoms with Crippen molar-refractivity contribution in [3.05, 3.63) is 19.8 Å². The summed E-state index contributed by atoms with van der Waals surface area (Å²) in [5.41, 5.74) is 0.843. The molecule has 1 N–H and O–H groups in total. The second kappa shape index (κ2) is 3.08. The summed E-state index contributed by atoms with van der Waals surface area (Å²) >= 11 is 5.31. The van der Waals surface area contributed by atoms with Gasteiger partial charge in [0, 0.05) is 14.2 Å². The van der Waals surface area contributed by atoms with Crippen molar-refractivity contribution in [3.8, 4) is 0 Å². The quantitative estimate of drug-likeness (QED) is 0.907. The zero-order chi connectivity index (χ0) is 10.6. The minimum absolute atomic E-state index is 0.534. The Morgan fingerprint density at radius 2 is 2.13 bits per heavy atom. The van der Waals surface area contributed by atoms with Crippen molar-refractivity contribution in [2.24, 2.45) is 0 Å². The fraction of sp³-hybridized carbons (Fsp3) is 0.545. The van der Waals surface area contributed by atoms with Crippen molar-refractivity contribution < 1.29 is 9.90 Å². The van der Waals surface area contributed by atoms with E-state index in [-0.39, 0.29) is 0 Å². The molecule has 0 saturated heterocycles. The van der Waals surface area contributed by atoms with Crippen molar-refractivity contribution in [2.75, 3.05) is 0 Å². The maximum atomic E-state index is 11.2. The van der Waals surface area contributed by atoms with Crippen LogP contribution < -0.4 is 0 Å². The van der Waals surface area contributed by atoms with Crippen LogP contribution >= 0.6 is 27.3 Å². The SMILES string of the molecule is O=C(O)C1(c2sc3c(c2Br)CCC3)CC1. The highest BCUT2D eigenvalue weighted by Crippen LogP contribution is 2.55. The molecular weight excluding hydrogens is 276 g/mol. The number of carboxylic acid groups (broad SMARTS) is 1. The zero-order valence-corrected chi connectivity index (χ0v) is 10.6. The molecule has 0 atom stereocenters. The lowest BCUT2D eigenvalue weighted by molar-refractivity contribution is -0.139. The van der Waals surface area contributed by atoms with Crippen molar-refractivity contribution in [1.82, 2.24) is 0 Å². The van der Waals surface area contributed by atoms with Crippen molar-refractivity contribution in [2.45, 2.75) is 37.5 Å². The van der Waals surface area contributed by atoms with Gasteiger partial charge in [-0.3, -0.25) is 4.79 Å². The molecule has 0 aromatic carbocycles. The summed E-state index contributed by atoms with van der Waals surface area (Å²) in [5, 5.41) is 9.26. The van der Waals surface area contributed by atoms with Gasteiger partial charge in [-0.05, 0) is 53.6 Å². The fourth-order valence-corrected chi connectivity index (χ4v) is 5.05. The zero-order valence-electron chi connectivity index (χ0n) is 8.18. The summed E-state index contributed by atoms with van der Waals surface area (Å²) in [6, 6.07) is 0. The highest BCUT2D eigenvalue weighted by Gasteiger charge is 2.54. The Kier molecular flexibility index (Phi) is 2.02. The molecular formula is C11H11BrO2S. The first-order valence-corrected chi connectivity index (χ1v) is 6.80. The normalized spacial score (nSPS) is 21.4. The van der Waals surface area contributed by atoms with Gasteiger partial charge in [-0.1, -0.05) is 0 Å². The highest BCUT2D eigenvalue weighted by atomic mass is 79.9. The average Bonchev–Trinajstić information content (AvgIpc) is 2.77. The molecule has 1 fully saturated rings. The van der Waals surface area contributed by atoms with Crippen LogP contribution in [-0.2, 0) is 23.1 Å². The van der Waals surface area contributed by atoms with Gasteiger partial charge in [0.15, 0.2) is 0 Å². The van der Waals surface area contributed by atoms with Crippen molar-refractivity contribution >= 4 is 33.2 Å². The van der Waals surface area contributed by atoms with Gasteiger partial charge in [0.1, 0.15) is 5.41 Å². The number of fused-ring (bicyclic) bond motifs is 1. The average molecular weight is 287 g/mol. The number of hydrogen-bond acceptors (Lipinski definition) is 2. The topological polar surface area (TPSA) is 37.3 Å². The molecule has 0 amide bonds. The second-order valence-electron chi connectivity index (χ2n) is 4.39. The van der Waals surface area contributed by atoms with E-state index < -0.39 is 11.4 Å². The van der Waals surface area contributed by atoms with Gasteiger partial charge in [-0.25, -0.2) is 0 Å². The Labute approximate surface area is 100 Å². The van der Waals surface area contributed by atoms with Crippen LogP contribution in [0.15, 0.2) is 4.47 Å². The Bertz CT molecular complexity index is 446. The summed E-state index contributed by atoms with van der Waals surface area (Å²) in [4.78, 5) is 13.7. The lowest BCUT2D eigenvalue weighted by Crippen LogP contribution is -2.18. The number of halogens is 1. The molecule has 2 nitrogen and oxygen atoms in total. The third-order valence-corrected chi connectivity index (χ3v) is 6.08. The Morgan fingerprint density at radius 3 is 2.67 bits per heavy atom. The molecule has 1 saturated carbocycles. The predicted octanol–water partition coefficient (Wildman–Crippen LogP) is 3.12. The number of hydrogen-bond donors (Lipinski definition) is 1. The minimum atomic E-state index is -0.650. The molecule has 0 radical (unpaired) electrons. The van der Waals surface area contributed by atoms with Crippen molar-refractivity contribution in [3.63, 3.8) is 0 Å². The molecule has 1 heterocycles. The Hall–Kier alpha value is -0.350. The van der Waals surface area contributed by atoms with Gasteiger partial charge in [0.2, 0.25) is 0 Å². The van der Waals surface area contributed by atoms with Gasteiger partial charge in [-0.2, -0.15) is 0 Å². The fourth-order valence-electron chi connectivity index (χ4n) is 2.34. The molecule has 0 aliphatic heterocycles. The van der Waals surface area contributed by atoms with Gasteiger partial charge < -0.3 is 5.11 Å². The number of carboxylic acids is 1. The van der Waals surface area contributed by atoms with E-state index in [0.717, 1.165) is 35.0 Å². The number of rotatable bonds is 2. The van der Waals surface area contributed by atoms with Crippen LogP contribution in [0.5, 0.6) is 0 Å². The highest BCUT2D eigenvalue weighted by molar-refractivity contribution is 9.10.